The molecular formula is C63H127N2O6P. The Morgan fingerprint density at radius 1 is 0.472 bits per heavy atom. The molecule has 0 aromatic rings. The lowest BCUT2D eigenvalue weighted by molar-refractivity contribution is -0.870. The topological polar surface area (TPSA) is 108 Å². The van der Waals surface area contributed by atoms with Crippen molar-refractivity contribution in [1.29, 1.82) is 0 Å². The summed E-state index contributed by atoms with van der Waals surface area (Å²) in [7, 11) is 1.28. The van der Waals surface area contributed by atoms with Gasteiger partial charge in [-0.2, -0.15) is 0 Å². The van der Waals surface area contributed by atoms with Gasteiger partial charge in [0, 0.05) is 6.42 Å². The Balaban J connectivity index is 3.86. The van der Waals surface area contributed by atoms with E-state index in [1.165, 1.54) is 276 Å². The number of phosphoric acid groups is 1. The van der Waals surface area contributed by atoms with Gasteiger partial charge in [-0.25, -0.2) is 0 Å². The molecule has 0 heterocycles. The van der Waals surface area contributed by atoms with Crippen LogP contribution < -0.4 is 10.2 Å². The number of likely N-dealkylation sites (N-methyl/N-ethyl adjacent to an activating group) is 1. The van der Waals surface area contributed by atoms with E-state index in [-0.39, 0.29) is 19.1 Å². The standard InChI is InChI=1S/C63H127N2O6P/c1-6-8-10-12-14-16-18-20-21-22-23-24-25-26-27-28-29-30-31-32-33-34-35-36-37-38-39-40-41-42-43-45-47-49-51-53-55-57-63(67)64-61(60-71-72(68,69)70-59-58-65(3,4)5)62(66)56-54-52-50-48-46-44-19-17-15-13-11-9-7-2/h54,56,61-62,66H,6-53,55,57-60H2,1-5H3,(H-,64,67,68,69)/b56-54+. The van der Waals surface area contributed by atoms with Gasteiger partial charge in [-0.05, 0) is 19.3 Å². The lowest BCUT2D eigenvalue weighted by atomic mass is 10.0. The van der Waals surface area contributed by atoms with Gasteiger partial charge in [-0.3, -0.25) is 9.36 Å². The number of hydrogen-bond donors (Lipinski definition) is 2. The number of unbranched alkanes of at least 4 members (excludes halogenated alkanes) is 47. The molecule has 0 bridgehead atoms. The highest BCUT2D eigenvalue weighted by Gasteiger charge is 2.23. The highest BCUT2D eigenvalue weighted by atomic mass is 31.2. The van der Waals surface area contributed by atoms with Crippen molar-refractivity contribution in [3.8, 4) is 0 Å². The van der Waals surface area contributed by atoms with Gasteiger partial charge >= 0.3 is 0 Å². The molecule has 2 N–H and O–H groups in total. The molecule has 0 fully saturated rings. The van der Waals surface area contributed by atoms with Gasteiger partial charge in [0.2, 0.25) is 5.91 Å². The summed E-state index contributed by atoms with van der Waals surface area (Å²) >= 11 is 0. The SMILES string of the molecule is CCCCCCCCCCCCC/C=C/C(O)C(COP(=O)([O-])OCC[N+](C)(C)C)NC(=O)CCCCCCCCCCCCCCCCCCCCCCCCCCCCCCCCCCCCCCC. The van der Waals surface area contributed by atoms with Gasteiger partial charge in [-0.1, -0.05) is 321 Å². The van der Waals surface area contributed by atoms with Crippen molar-refractivity contribution >= 4 is 13.7 Å². The molecule has 0 aliphatic heterocycles. The van der Waals surface area contributed by atoms with Crippen LogP contribution in [0.15, 0.2) is 12.2 Å². The van der Waals surface area contributed by atoms with Crippen LogP contribution in [-0.2, 0) is 18.4 Å². The number of aliphatic hydroxyl groups excluding tert-OH is 1. The first-order chi connectivity index (χ1) is 35.0. The number of carbonyl (C=O) groups is 1. The van der Waals surface area contributed by atoms with Crippen molar-refractivity contribution in [2.45, 2.75) is 347 Å². The number of nitrogens with one attached hydrogen (secondary N) is 1. The van der Waals surface area contributed by atoms with Crippen LogP contribution in [0.3, 0.4) is 0 Å². The molecule has 0 spiro atoms. The van der Waals surface area contributed by atoms with E-state index in [0.717, 1.165) is 38.5 Å². The van der Waals surface area contributed by atoms with E-state index in [0.29, 0.717) is 17.4 Å². The summed E-state index contributed by atoms with van der Waals surface area (Å²) < 4.78 is 23.3. The molecule has 1 amide bonds. The molecule has 0 saturated heterocycles. The third-order valence-corrected chi connectivity index (χ3v) is 16.0. The maximum Gasteiger partial charge on any atom is 0.268 e. The van der Waals surface area contributed by atoms with E-state index in [1.807, 2.05) is 27.2 Å². The highest BCUT2D eigenvalue weighted by Crippen LogP contribution is 2.38. The monoisotopic (exact) mass is 1040 g/mol. The van der Waals surface area contributed by atoms with Crippen LogP contribution in [0.5, 0.6) is 0 Å². The Kier molecular flexibility index (Phi) is 54.4. The molecule has 0 saturated carbocycles. The van der Waals surface area contributed by atoms with Crippen LogP contribution in [0.4, 0.5) is 0 Å². The molecule has 0 rings (SSSR count). The molecule has 9 heteroatoms. The number of carbonyl (C=O) groups excluding carboxylic acids is 1. The fourth-order valence-corrected chi connectivity index (χ4v) is 10.7. The van der Waals surface area contributed by atoms with Gasteiger partial charge in [0.1, 0.15) is 13.2 Å². The van der Waals surface area contributed by atoms with Gasteiger partial charge in [0.15, 0.2) is 0 Å². The van der Waals surface area contributed by atoms with Gasteiger partial charge < -0.3 is 28.8 Å². The largest absolute Gasteiger partial charge is 0.756 e. The van der Waals surface area contributed by atoms with Crippen LogP contribution in [0.1, 0.15) is 335 Å². The fraction of sp³-hybridized carbons (Fsp3) is 0.952. The lowest BCUT2D eigenvalue weighted by Crippen LogP contribution is -2.45. The number of nitrogens with zero attached hydrogens (tertiary/aromatic N) is 1. The smallest absolute Gasteiger partial charge is 0.268 e. The maximum atomic E-state index is 13.0. The summed E-state index contributed by atoms with van der Waals surface area (Å²) in [5.41, 5.74) is 0. The second-order valence-corrected chi connectivity index (χ2v) is 24.9. The summed E-state index contributed by atoms with van der Waals surface area (Å²) in [5.74, 6) is -0.190. The Hall–Kier alpha value is -0.760. The number of allylic oxidation sites excluding steroid dienone is 1. The number of aliphatic hydroxyl groups is 1. The van der Waals surface area contributed by atoms with E-state index in [1.54, 1.807) is 6.08 Å². The minimum absolute atomic E-state index is 0.00247. The van der Waals surface area contributed by atoms with Gasteiger partial charge in [0.25, 0.3) is 7.82 Å². The van der Waals surface area contributed by atoms with E-state index in [2.05, 4.69) is 19.2 Å². The van der Waals surface area contributed by atoms with Crippen molar-refractivity contribution in [3.63, 3.8) is 0 Å². The first-order valence-corrected chi connectivity index (χ1v) is 33.5. The predicted octanol–water partition coefficient (Wildman–Crippen LogP) is 19.1. The average molecular weight is 1040 g/mol. The number of rotatable bonds is 60. The Morgan fingerprint density at radius 2 is 0.750 bits per heavy atom. The minimum atomic E-state index is -4.59. The zero-order valence-corrected chi connectivity index (χ0v) is 50.1. The van der Waals surface area contributed by atoms with Crippen LogP contribution in [-0.4, -0.2) is 68.5 Å². The number of hydrogen-bond acceptors (Lipinski definition) is 6. The summed E-state index contributed by atoms with van der Waals surface area (Å²) in [5, 5.41) is 13.9. The molecule has 72 heavy (non-hydrogen) atoms. The number of amides is 1. The van der Waals surface area contributed by atoms with Crippen LogP contribution in [0.2, 0.25) is 0 Å². The van der Waals surface area contributed by atoms with Crippen molar-refractivity contribution in [1.82, 2.24) is 5.32 Å². The molecule has 0 aliphatic rings. The zero-order valence-electron chi connectivity index (χ0n) is 49.2. The number of phosphoric ester groups is 1. The Labute approximate surface area is 450 Å². The summed E-state index contributed by atoms with van der Waals surface area (Å²) in [6, 6.07) is -0.881. The van der Waals surface area contributed by atoms with Crippen LogP contribution in [0.25, 0.3) is 0 Å². The average Bonchev–Trinajstić information content (AvgIpc) is 3.34. The fourth-order valence-electron chi connectivity index (χ4n) is 9.98. The molecule has 430 valence electrons. The molecule has 0 aromatic heterocycles. The van der Waals surface area contributed by atoms with Crippen molar-refractivity contribution in [3.05, 3.63) is 12.2 Å². The van der Waals surface area contributed by atoms with Crippen LogP contribution in [0, 0.1) is 0 Å². The zero-order chi connectivity index (χ0) is 52.7. The third kappa shape index (κ3) is 57.0. The van der Waals surface area contributed by atoms with Crippen molar-refractivity contribution < 1.29 is 32.9 Å². The first-order valence-electron chi connectivity index (χ1n) is 32.1. The molecular weight excluding hydrogens is 912 g/mol. The maximum absolute atomic E-state index is 13.0. The third-order valence-electron chi connectivity index (χ3n) is 15.0. The molecule has 3 unspecified atom stereocenters. The molecule has 3 atom stereocenters. The van der Waals surface area contributed by atoms with E-state index in [9.17, 15) is 19.4 Å². The van der Waals surface area contributed by atoms with E-state index < -0.39 is 20.0 Å². The van der Waals surface area contributed by atoms with E-state index in [4.69, 9.17) is 9.05 Å². The molecule has 8 nitrogen and oxygen atoms in total. The Morgan fingerprint density at radius 3 is 1.04 bits per heavy atom. The highest BCUT2D eigenvalue weighted by molar-refractivity contribution is 7.45. The minimum Gasteiger partial charge on any atom is -0.756 e. The van der Waals surface area contributed by atoms with Crippen molar-refractivity contribution in [2.24, 2.45) is 0 Å². The van der Waals surface area contributed by atoms with E-state index >= 15 is 0 Å². The van der Waals surface area contributed by atoms with Crippen LogP contribution >= 0.6 is 7.82 Å². The second kappa shape index (κ2) is 55.0. The lowest BCUT2D eigenvalue weighted by Gasteiger charge is -2.29. The summed E-state index contributed by atoms with van der Waals surface area (Å²) in [6.45, 7) is 4.69. The normalized spacial score (nSPS) is 13.8. The first kappa shape index (κ1) is 71.2. The predicted molar refractivity (Wildman–Crippen MR) is 312 cm³/mol. The van der Waals surface area contributed by atoms with Crippen molar-refractivity contribution in [2.75, 3.05) is 40.9 Å². The quantitative estimate of drug-likeness (QED) is 0.0272. The Bertz CT molecular complexity index is 1180. The van der Waals surface area contributed by atoms with Gasteiger partial charge in [0.05, 0.1) is 39.9 Å². The molecule has 0 radical (unpaired) electrons. The molecule has 0 aliphatic carbocycles. The molecule has 0 aromatic carbocycles. The number of quaternary nitrogens is 1. The summed E-state index contributed by atoms with van der Waals surface area (Å²) in [4.78, 5) is 25.5. The van der Waals surface area contributed by atoms with Gasteiger partial charge in [-0.15, -0.1) is 0 Å². The summed E-state index contributed by atoms with van der Waals surface area (Å²) in [6.07, 6.45) is 69.1. The second-order valence-electron chi connectivity index (χ2n) is 23.5.